The number of hydrogen-bond acceptors (Lipinski definition) is 4. The van der Waals surface area contributed by atoms with Gasteiger partial charge in [-0.1, -0.05) is 6.92 Å². The van der Waals surface area contributed by atoms with Crippen molar-refractivity contribution in [2.45, 2.75) is 27.2 Å². The maximum atomic E-state index is 12.1. The van der Waals surface area contributed by atoms with Crippen LogP contribution in [0.5, 0.6) is 0 Å². The number of carboxylic acids is 1. The molecule has 0 fully saturated rings. The van der Waals surface area contributed by atoms with Crippen molar-refractivity contribution in [3.8, 4) is 0 Å². The number of carbonyl (C=O) groups is 2. The quantitative estimate of drug-likeness (QED) is 0.870. The maximum absolute atomic E-state index is 12.1. The van der Waals surface area contributed by atoms with Crippen molar-refractivity contribution in [3.05, 3.63) is 15.6 Å². The van der Waals surface area contributed by atoms with Gasteiger partial charge in [0.25, 0.3) is 5.91 Å². The zero-order chi connectivity index (χ0) is 13.0. The fourth-order valence-corrected chi connectivity index (χ4v) is 2.37. The Morgan fingerprint density at radius 1 is 1.41 bits per heavy atom. The molecule has 0 saturated heterocycles. The van der Waals surface area contributed by atoms with Crippen LogP contribution in [0, 0.1) is 13.8 Å². The van der Waals surface area contributed by atoms with E-state index in [1.807, 2.05) is 20.8 Å². The Kier molecular flexibility index (Phi) is 4.62. The van der Waals surface area contributed by atoms with Crippen LogP contribution in [-0.4, -0.2) is 40.0 Å². The van der Waals surface area contributed by atoms with E-state index in [9.17, 15) is 9.59 Å². The molecule has 0 aliphatic heterocycles. The second kappa shape index (κ2) is 5.77. The number of aryl methyl sites for hydroxylation is 2. The molecule has 0 saturated carbocycles. The van der Waals surface area contributed by atoms with Gasteiger partial charge in [0.2, 0.25) is 0 Å². The average molecular weight is 256 g/mol. The summed E-state index contributed by atoms with van der Waals surface area (Å²) in [5.41, 5.74) is 0.377. The molecule has 1 aromatic rings. The molecular formula is C11H16N2O3S. The van der Waals surface area contributed by atoms with Crippen LogP contribution in [0.2, 0.25) is 0 Å². The highest BCUT2D eigenvalue weighted by Gasteiger charge is 2.22. The second-order valence-corrected chi connectivity index (χ2v) is 5.17. The van der Waals surface area contributed by atoms with E-state index >= 15 is 0 Å². The molecule has 1 amide bonds. The van der Waals surface area contributed by atoms with Crippen LogP contribution in [0.15, 0.2) is 0 Å². The van der Waals surface area contributed by atoms with Crippen molar-refractivity contribution in [3.63, 3.8) is 0 Å². The van der Waals surface area contributed by atoms with Crippen LogP contribution in [0.3, 0.4) is 0 Å². The van der Waals surface area contributed by atoms with Crippen molar-refractivity contribution < 1.29 is 14.7 Å². The summed E-state index contributed by atoms with van der Waals surface area (Å²) in [5, 5.41) is 9.59. The third-order valence-electron chi connectivity index (χ3n) is 2.21. The standard InChI is InChI=1S/C11H16N2O3S/c1-4-5-13(6-9(14)15)11(16)10-7(2)17-8(3)12-10/h4-6H2,1-3H3,(H,14,15). The lowest BCUT2D eigenvalue weighted by Gasteiger charge is -2.19. The molecule has 94 valence electrons. The Labute approximate surface area is 104 Å². The molecule has 0 aliphatic rings. The van der Waals surface area contributed by atoms with Crippen LogP contribution in [-0.2, 0) is 4.79 Å². The molecule has 1 heterocycles. The van der Waals surface area contributed by atoms with Crippen molar-refractivity contribution in [1.82, 2.24) is 9.88 Å². The van der Waals surface area contributed by atoms with Gasteiger partial charge in [-0.3, -0.25) is 9.59 Å². The van der Waals surface area contributed by atoms with Gasteiger partial charge in [0.15, 0.2) is 0 Å². The molecule has 17 heavy (non-hydrogen) atoms. The lowest BCUT2D eigenvalue weighted by atomic mass is 10.3. The van der Waals surface area contributed by atoms with E-state index in [1.54, 1.807) is 0 Å². The molecule has 0 spiro atoms. The zero-order valence-electron chi connectivity index (χ0n) is 10.2. The average Bonchev–Trinajstić information content (AvgIpc) is 2.55. The zero-order valence-corrected chi connectivity index (χ0v) is 11.0. The molecular weight excluding hydrogens is 240 g/mol. The third kappa shape index (κ3) is 3.52. The molecule has 5 nitrogen and oxygen atoms in total. The Morgan fingerprint density at radius 3 is 2.47 bits per heavy atom. The molecule has 6 heteroatoms. The van der Waals surface area contributed by atoms with Gasteiger partial charge in [-0.2, -0.15) is 0 Å². The SMILES string of the molecule is CCCN(CC(=O)O)C(=O)c1nc(C)sc1C. The molecule has 0 aliphatic carbocycles. The number of carbonyl (C=O) groups excluding carboxylic acids is 1. The van der Waals surface area contributed by atoms with Crippen molar-refractivity contribution in [2.24, 2.45) is 0 Å². The largest absolute Gasteiger partial charge is 0.480 e. The molecule has 0 aromatic carbocycles. The van der Waals surface area contributed by atoms with Gasteiger partial charge in [-0.25, -0.2) is 4.98 Å². The lowest BCUT2D eigenvalue weighted by Crippen LogP contribution is -2.36. The van der Waals surface area contributed by atoms with Crippen LogP contribution in [0.4, 0.5) is 0 Å². The van der Waals surface area contributed by atoms with Crippen molar-refractivity contribution >= 4 is 23.2 Å². The van der Waals surface area contributed by atoms with Gasteiger partial charge in [0.1, 0.15) is 12.2 Å². The Morgan fingerprint density at radius 2 is 2.06 bits per heavy atom. The topological polar surface area (TPSA) is 70.5 Å². The minimum atomic E-state index is -1.00. The number of nitrogens with zero attached hydrogens (tertiary/aromatic N) is 2. The number of hydrogen-bond donors (Lipinski definition) is 1. The number of aromatic nitrogens is 1. The third-order valence-corrected chi connectivity index (χ3v) is 3.10. The Bertz CT molecular complexity index is 428. The predicted molar refractivity (Wildman–Crippen MR) is 65.4 cm³/mol. The number of thiazole rings is 1. The maximum Gasteiger partial charge on any atom is 0.323 e. The fraction of sp³-hybridized carbons (Fsp3) is 0.545. The molecule has 1 rings (SSSR count). The first kappa shape index (κ1) is 13.6. The monoisotopic (exact) mass is 256 g/mol. The smallest absolute Gasteiger partial charge is 0.323 e. The Balaban J connectivity index is 2.91. The number of carboxylic acid groups (broad SMARTS) is 1. The summed E-state index contributed by atoms with van der Waals surface area (Å²) in [4.78, 5) is 29.1. The van der Waals surface area contributed by atoms with E-state index in [4.69, 9.17) is 5.11 Å². The highest BCUT2D eigenvalue weighted by Crippen LogP contribution is 2.18. The summed E-state index contributed by atoms with van der Waals surface area (Å²) in [6, 6.07) is 0. The summed E-state index contributed by atoms with van der Waals surface area (Å²) >= 11 is 1.45. The fourth-order valence-electron chi connectivity index (χ4n) is 1.56. The van der Waals surface area contributed by atoms with Crippen LogP contribution in [0.25, 0.3) is 0 Å². The Hall–Kier alpha value is -1.43. The molecule has 0 bridgehead atoms. The predicted octanol–water partition coefficient (Wildman–Crippen LogP) is 1.70. The van der Waals surface area contributed by atoms with E-state index in [-0.39, 0.29) is 12.5 Å². The van der Waals surface area contributed by atoms with Gasteiger partial charge in [-0.15, -0.1) is 11.3 Å². The van der Waals surface area contributed by atoms with Gasteiger partial charge in [-0.05, 0) is 20.3 Å². The number of aliphatic carboxylic acids is 1. The van der Waals surface area contributed by atoms with E-state index < -0.39 is 5.97 Å². The first-order valence-electron chi connectivity index (χ1n) is 5.40. The van der Waals surface area contributed by atoms with Crippen LogP contribution >= 0.6 is 11.3 Å². The second-order valence-electron chi connectivity index (χ2n) is 3.76. The molecule has 1 aromatic heterocycles. The van der Waals surface area contributed by atoms with Gasteiger partial charge in [0.05, 0.1) is 5.01 Å². The summed E-state index contributed by atoms with van der Waals surface area (Å²) in [7, 11) is 0. The highest BCUT2D eigenvalue weighted by atomic mass is 32.1. The van der Waals surface area contributed by atoms with E-state index in [0.717, 1.165) is 16.3 Å². The molecule has 1 N–H and O–H groups in total. The first-order valence-corrected chi connectivity index (χ1v) is 6.22. The first-order chi connectivity index (χ1) is 7.95. The number of rotatable bonds is 5. The molecule has 0 atom stereocenters. The minimum absolute atomic E-state index is 0.275. The van der Waals surface area contributed by atoms with Crippen molar-refractivity contribution in [1.29, 1.82) is 0 Å². The van der Waals surface area contributed by atoms with Gasteiger partial charge >= 0.3 is 5.97 Å². The summed E-state index contributed by atoms with van der Waals surface area (Å²) < 4.78 is 0. The van der Waals surface area contributed by atoms with Gasteiger partial charge in [0, 0.05) is 11.4 Å². The van der Waals surface area contributed by atoms with Crippen LogP contribution in [0.1, 0.15) is 33.7 Å². The molecule has 0 unspecified atom stereocenters. The summed E-state index contributed by atoms with van der Waals surface area (Å²) in [6.45, 7) is 5.71. The minimum Gasteiger partial charge on any atom is -0.480 e. The van der Waals surface area contributed by atoms with E-state index in [0.29, 0.717) is 12.2 Å². The van der Waals surface area contributed by atoms with E-state index in [2.05, 4.69) is 4.98 Å². The number of amides is 1. The normalized spacial score (nSPS) is 10.3. The molecule has 0 radical (unpaired) electrons. The van der Waals surface area contributed by atoms with Gasteiger partial charge < -0.3 is 10.0 Å². The van der Waals surface area contributed by atoms with Crippen LogP contribution < -0.4 is 0 Å². The summed E-state index contributed by atoms with van der Waals surface area (Å²) in [6.07, 6.45) is 0.723. The highest BCUT2D eigenvalue weighted by molar-refractivity contribution is 7.11. The van der Waals surface area contributed by atoms with Crippen molar-refractivity contribution in [2.75, 3.05) is 13.1 Å². The lowest BCUT2D eigenvalue weighted by molar-refractivity contribution is -0.137. The summed E-state index contributed by atoms with van der Waals surface area (Å²) in [5.74, 6) is -1.30. The van der Waals surface area contributed by atoms with E-state index in [1.165, 1.54) is 16.2 Å².